The van der Waals surface area contributed by atoms with Crippen LogP contribution in [0.2, 0.25) is 0 Å². The minimum Gasteiger partial charge on any atom is -0.481 e. The standard InChI is InChI=1S/C12H13N3O2/c1-14-9-13-6-11(14)8-15-4-2-3-10(7-15)5-12(16)17/h2-4,6-7,9H,5,8H2,1H3/p+1. The second-order valence-electron chi connectivity index (χ2n) is 3.95. The molecule has 17 heavy (non-hydrogen) atoms. The molecule has 0 aliphatic heterocycles. The van der Waals surface area contributed by atoms with Crippen LogP contribution in [0.5, 0.6) is 0 Å². The minimum atomic E-state index is -0.816. The molecule has 0 atom stereocenters. The Hall–Kier alpha value is -2.17. The number of pyridine rings is 1. The van der Waals surface area contributed by atoms with Gasteiger partial charge in [-0.3, -0.25) is 4.79 Å². The van der Waals surface area contributed by atoms with Crippen molar-refractivity contribution in [3.63, 3.8) is 0 Å². The average Bonchev–Trinajstić information content (AvgIpc) is 2.64. The van der Waals surface area contributed by atoms with E-state index in [1.165, 1.54) is 0 Å². The highest BCUT2D eigenvalue weighted by Gasteiger charge is 2.09. The molecule has 1 N–H and O–H groups in total. The topological polar surface area (TPSA) is 59.0 Å². The predicted molar refractivity (Wildman–Crippen MR) is 60.3 cm³/mol. The van der Waals surface area contributed by atoms with E-state index in [1.54, 1.807) is 12.5 Å². The molecular weight excluding hydrogens is 218 g/mol. The minimum absolute atomic E-state index is 0.0478. The van der Waals surface area contributed by atoms with Crippen molar-refractivity contribution >= 4 is 5.97 Å². The van der Waals surface area contributed by atoms with Gasteiger partial charge in [-0.25, -0.2) is 4.98 Å². The van der Waals surface area contributed by atoms with Crippen molar-refractivity contribution in [2.45, 2.75) is 13.0 Å². The van der Waals surface area contributed by atoms with E-state index >= 15 is 0 Å². The summed E-state index contributed by atoms with van der Waals surface area (Å²) in [6, 6.07) is 3.67. The fourth-order valence-corrected chi connectivity index (χ4v) is 1.68. The van der Waals surface area contributed by atoms with Gasteiger partial charge in [-0.15, -0.1) is 0 Å². The van der Waals surface area contributed by atoms with Crippen LogP contribution in [0.1, 0.15) is 11.3 Å². The summed E-state index contributed by atoms with van der Waals surface area (Å²) in [6.45, 7) is 0.684. The Labute approximate surface area is 99.0 Å². The van der Waals surface area contributed by atoms with Crippen molar-refractivity contribution in [2.24, 2.45) is 7.05 Å². The van der Waals surface area contributed by atoms with Crippen LogP contribution >= 0.6 is 0 Å². The molecule has 0 aliphatic rings. The fourth-order valence-electron chi connectivity index (χ4n) is 1.68. The molecule has 2 aromatic heterocycles. The number of rotatable bonds is 4. The van der Waals surface area contributed by atoms with Crippen LogP contribution in [0, 0.1) is 0 Å². The molecule has 5 heteroatoms. The van der Waals surface area contributed by atoms with Crippen molar-refractivity contribution in [3.05, 3.63) is 48.3 Å². The van der Waals surface area contributed by atoms with E-state index in [2.05, 4.69) is 4.98 Å². The van der Waals surface area contributed by atoms with E-state index in [0.29, 0.717) is 6.54 Å². The zero-order valence-corrected chi connectivity index (χ0v) is 9.58. The number of aryl methyl sites for hydroxylation is 1. The van der Waals surface area contributed by atoms with Gasteiger partial charge in [0.25, 0.3) is 0 Å². The zero-order chi connectivity index (χ0) is 12.3. The third-order valence-electron chi connectivity index (χ3n) is 2.54. The maximum Gasteiger partial charge on any atom is 0.308 e. The molecule has 0 aromatic carbocycles. The largest absolute Gasteiger partial charge is 0.481 e. The summed E-state index contributed by atoms with van der Waals surface area (Å²) in [5, 5.41) is 8.74. The smallest absolute Gasteiger partial charge is 0.308 e. The SMILES string of the molecule is Cn1cncc1C[n+]1cccc(CC(=O)O)c1. The fraction of sp³-hybridized carbons (Fsp3) is 0.250. The first-order valence-electron chi connectivity index (χ1n) is 5.30. The van der Waals surface area contributed by atoms with Crippen LogP contribution in [-0.2, 0) is 24.8 Å². The quantitative estimate of drug-likeness (QED) is 0.775. The number of carboxylic acids is 1. The predicted octanol–water partition coefficient (Wildman–Crippen LogP) is 0.383. The first-order chi connectivity index (χ1) is 8.15. The lowest BCUT2D eigenvalue weighted by atomic mass is 10.2. The lowest BCUT2D eigenvalue weighted by Crippen LogP contribution is -2.34. The van der Waals surface area contributed by atoms with E-state index in [9.17, 15) is 4.79 Å². The Morgan fingerprint density at radius 1 is 1.59 bits per heavy atom. The molecule has 0 aliphatic carbocycles. The molecule has 0 saturated heterocycles. The molecule has 0 amide bonds. The Bertz CT molecular complexity index is 534. The number of hydrogen-bond acceptors (Lipinski definition) is 2. The molecule has 0 spiro atoms. The number of imidazole rings is 1. The average molecular weight is 232 g/mol. The molecule has 5 nitrogen and oxygen atoms in total. The van der Waals surface area contributed by atoms with Gasteiger partial charge in [0.1, 0.15) is 5.69 Å². The third kappa shape index (κ3) is 2.90. The molecule has 0 unspecified atom stereocenters. The number of hydrogen-bond donors (Lipinski definition) is 1. The van der Waals surface area contributed by atoms with Gasteiger partial charge in [-0.05, 0) is 6.07 Å². The van der Waals surface area contributed by atoms with Crippen molar-refractivity contribution in [1.82, 2.24) is 9.55 Å². The van der Waals surface area contributed by atoms with E-state index in [0.717, 1.165) is 11.3 Å². The second-order valence-corrected chi connectivity index (χ2v) is 3.95. The van der Waals surface area contributed by atoms with Gasteiger partial charge < -0.3 is 9.67 Å². The van der Waals surface area contributed by atoms with Crippen molar-refractivity contribution < 1.29 is 14.5 Å². The van der Waals surface area contributed by atoms with Crippen molar-refractivity contribution in [3.8, 4) is 0 Å². The highest BCUT2D eigenvalue weighted by atomic mass is 16.4. The second kappa shape index (κ2) is 4.78. The Morgan fingerprint density at radius 2 is 2.41 bits per heavy atom. The number of aliphatic carboxylic acids is 1. The molecule has 2 aromatic rings. The molecule has 0 fully saturated rings. The van der Waals surface area contributed by atoms with Crippen LogP contribution in [-0.4, -0.2) is 20.6 Å². The van der Waals surface area contributed by atoms with Gasteiger partial charge in [0.2, 0.25) is 0 Å². The van der Waals surface area contributed by atoms with E-state index in [1.807, 2.05) is 40.7 Å². The summed E-state index contributed by atoms with van der Waals surface area (Å²) in [6.07, 6.45) is 7.36. The van der Waals surface area contributed by atoms with Crippen molar-refractivity contribution in [1.29, 1.82) is 0 Å². The number of carboxylic acid groups (broad SMARTS) is 1. The summed E-state index contributed by atoms with van der Waals surface area (Å²) in [7, 11) is 1.93. The summed E-state index contributed by atoms with van der Waals surface area (Å²) in [4.78, 5) is 14.7. The summed E-state index contributed by atoms with van der Waals surface area (Å²) < 4.78 is 3.89. The number of nitrogens with zero attached hydrogens (tertiary/aromatic N) is 3. The lowest BCUT2D eigenvalue weighted by Gasteiger charge is -2.00. The van der Waals surface area contributed by atoms with E-state index in [4.69, 9.17) is 5.11 Å². The monoisotopic (exact) mass is 232 g/mol. The molecule has 0 bridgehead atoms. The summed E-state index contributed by atoms with van der Waals surface area (Å²) in [5.41, 5.74) is 1.87. The van der Waals surface area contributed by atoms with Crippen LogP contribution < -0.4 is 4.57 Å². The Balaban J connectivity index is 2.16. The lowest BCUT2D eigenvalue weighted by molar-refractivity contribution is -0.689. The van der Waals surface area contributed by atoms with Gasteiger partial charge in [0, 0.05) is 18.7 Å². The summed E-state index contributed by atoms with van der Waals surface area (Å²) >= 11 is 0. The first kappa shape index (κ1) is 11.3. The third-order valence-corrected chi connectivity index (χ3v) is 2.54. The zero-order valence-electron chi connectivity index (χ0n) is 9.58. The van der Waals surface area contributed by atoms with Crippen LogP contribution in [0.3, 0.4) is 0 Å². The van der Waals surface area contributed by atoms with Gasteiger partial charge >= 0.3 is 5.97 Å². The molecule has 0 radical (unpaired) electrons. The van der Waals surface area contributed by atoms with Crippen LogP contribution in [0.25, 0.3) is 0 Å². The molecule has 88 valence electrons. The van der Waals surface area contributed by atoms with Gasteiger partial charge in [0.15, 0.2) is 18.9 Å². The molecule has 2 rings (SSSR count). The van der Waals surface area contributed by atoms with Gasteiger partial charge in [0.05, 0.1) is 18.9 Å². The number of aromatic nitrogens is 3. The van der Waals surface area contributed by atoms with Crippen molar-refractivity contribution in [2.75, 3.05) is 0 Å². The van der Waals surface area contributed by atoms with Gasteiger partial charge in [-0.2, -0.15) is 4.57 Å². The summed E-state index contributed by atoms with van der Waals surface area (Å²) in [5.74, 6) is -0.816. The van der Waals surface area contributed by atoms with E-state index in [-0.39, 0.29) is 6.42 Å². The van der Waals surface area contributed by atoms with Crippen LogP contribution in [0.4, 0.5) is 0 Å². The molecular formula is C12H14N3O2+. The van der Waals surface area contributed by atoms with E-state index < -0.39 is 5.97 Å². The molecule has 2 heterocycles. The highest BCUT2D eigenvalue weighted by Crippen LogP contribution is 1.99. The maximum absolute atomic E-state index is 10.6. The first-order valence-corrected chi connectivity index (χ1v) is 5.30. The number of carbonyl (C=O) groups is 1. The molecule has 0 saturated carbocycles. The van der Waals surface area contributed by atoms with Crippen LogP contribution in [0.15, 0.2) is 37.1 Å². The Kier molecular flexibility index (Phi) is 3.18. The Morgan fingerprint density at radius 3 is 3.06 bits per heavy atom. The normalized spacial score (nSPS) is 10.4. The maximum atomic E-state index is 10.6. The van der Waals surface area contributed by atoms with Gasteiger partial charge in [-0.1, -0.05) is 0 Å². The highest BCUT2D eigenvalue weighted by molar-refractivity contribution is 5.69.